The van der Waals surface area contributed by atoms with Crippen molar-refractivity contribution in [2.24, 2.45) is 0 Å². The number of nitrogens with zero attached hydrogens (tertiary/aromatic N) is 4. The number of hydrogen-bond donors (Lipinski definition) is 2. The topological polar surface area (TPSA) is 84.3 Å². The van der Waals surface area contributed by atoms with Crippen LogP contribution in [0.25, 0.3) is 16.5 Å². The van der Waals surface area contributed by atoms with Gasteiger partial charge in [0.05, 0.1) is 0 Å². The third-order valence-electron chi connectivity index (χ3n) is 7.24. The molecule has 0 saturated carbocycles. The summed E-state index contributed by atoms with van der Waals surface area (Å²) in [6.07, 6.45) is 9.48. The van der Waals surface area contributed by atoms with Crippen molar-refractivity contribution in [2.75, 3.05) is 53.9 Å². The van der Waals surface area contributed by atoms with E-state index in [1.54, 1.807) is 19.0 Å². The molecule has 9 nitrogen and oxygen atoms in total. The van der Waals surface area contributed by atoms with Gasteiger partial charge in [-0.15, -0.1) is 5.53 Å². The lowest BCUT2D eigenvalue weighted by atomic mass is 9.86. The fourth-order valence-corrected chi connectivity index (χ4v) is 5.24. The second-order valence-electron chi connectivity index (χ2n) is 10.1. The third-order valence-corrected chi connectivity index (χ3v) is 7.24. The maximum atomic E-state index is 13.0. The van der Waals surface area contributed by atoms with Gasteiger partial charge in [0.25, 0.3) is 5.91 Å². The molecule has 0 unspecified atom stereocenters. The average Bonchev–Trinajstić information content (AvgIpc) is 3.52. The van der Waals surface area contributed by atoms with Crippen molar-refractivity contribution >= 4 is 28.4 Å². The van der Waals surface area contributed by atoms with Gasteiger partial charge in [-0.25, -0.2) is 0 Å². The summed E-state index contributed by atoms with van der Waals surface area (Å²) in [6.45, 7) is 3.91. The van der Waals surface area contributed by atoms with Gasteiger partial charge in [0.2, 0.25) is 5.91 Å². The Balaban J connectivity index is 1.39. The van der Waals surface area contributed by atoms with Crippen LogP contribution in [-0.2, 0) is 4.79 Å². The number of rotatable bonds is 6. The van der Waals surface area contributed by atoms with Crippen molar-refractivity contribution in [2.45, 2.75) is 31.6 Å². The molecule has 1 fully saturated rings. The Kier molecular flexibility index (Phi) is 7.02. The first kappa shape index (κ1) is 24.4. The SMILES string of the molecule is CN1C=CN(CCC(=O)N2CCC=C(c3cc(C4CCNCC4)c4oc(C(=O)N(C)C)cc4c3)C2)N1. The predicted octanol–water partition coefficient (Wildman–Crippen LogP) is 2.75. The highest BCUT2D eigenvalue weighted by molar-refractivity contribution is 5.97. The number of hydrogen-bond acceptors (Lipinski definition) is 7. The van der Waals surface area contributed by atoms with E-state index in [0.29, 0.717) is 31.2 Å². The molecule has 3 aliphatic heterocycles. The van der Waals surface area contributed by atoms with E-state index < -0.39 is 0 Å². The number of benzene rings is 1. The van der Waals surface area contributed by atoms with Gasteiger partial charge in [-0.1, -0.05) is 6.08 Å². The molecule has 2 N–H and O–H groups in total. The van der Waals surface area contributed by atoms with Crippen molar-refractivity contribution in [1.82, 2.24) is 30.7 Å². The minimum Gasteiger partial charge on any atom is -0.451 e. The molecule has 9 heteroatoms. The minimum absolute atomic E-state index is 0.133. The van der Waals surface area contributed by atoms with Crippen molar-refractivity contribution in [3.63, 3.8) is 0 Å². The van der Waals surface area contributed by atoms with E-state index in [9.17, 15) is 9.59 Å². The normalized spacial score (nSPS) is 18.8. The number of piperidine rings is 1. The molecule has 2 aromatic rings. The Bertz CT molecular complexity index is 1190. The van der Waals surface area contributed by atoms with E-state index in [4.69, 9.17) is 4.42 Å². The largest absolute Gasteiger partial charge is 0.451 e. The van der Waals surface area contributed by atoms with Crippen molar-refractivity contribution < 1.29 is 14.0 Å². The van der Waals surface area contributed by atoms with Gasteiger partial charge in [-0.3, -0.25) is 19.6 Å². The molecule has 1 aromatic carbocycles. The van der Waals surface area contributed by atoms with E-state index in [1.165, 1.54) is 5.56 Å². The second-order valence-corrected chi connectivity index (χ2v) is 10.1. The fraction of sp³-hybridized carbons (Fsp3) is 0.481. The van der Waals surface area contributed by atoms with Crippen LogP contribution in [0.5, 0.6) is 0 Å². The number of carbonyl (C=O) groups is 2. The smallest absolute Gasteiger partial charge is 0.289 e. The first-order chi connectivity index (χ1) is 17.4. The van der Waals surface area contributed by atoms with Gasteiger partial charge in [0.15, 0.2) is 5.76 Å². The summed E-state index contributed by atoms with van der Waals surface area (Å²) in [7, 11) is 5.40. The quantitative estimate of drug-likeness (QED) is 0.642. The molecule has 0 aliphatic carbocycles. The summed E-state index contributed by atoms with van der Waals surface area (Å²) in [5.74, 6) is 0.772. The lowest BCUT2D eigenvalue weighted by Gasteiger charge is -2.29. The highest BCUT2D eigenvalue weighted by Gasteiger charge is 2.25. The van der Waals surface area contributed by atoms with Crippen molar-refractivity contribution in [3.05, 3.63) is 53.6 Å². The Hall–Kier alpha value is -3.30. The zero-order chi connectivity index (χ0) is 25.2. The molecule has 192 valence electrons. The molecule has 0 bridgehead atoms. The second kappa shape index (κ2) is 10.4. The van der Waals surface area contributed by atoms with Gasteiger partial charge in [0.1, 0.15) is 5.58 Å². The van der Waals surface area contributed by atoms with Crippen LogP contribution < -0.4 is 10.9 Å². The summed E-state index contributed by atoms with van der Waals surface area (Å²) in [4.78, 5) is 29.2. The average molecular weight is 493 g/mol. The maximum absolute atomic E-state index is 13.0. The van der Waals surface area contributed by atoms with Crippen molar-refractivity contribution in [3.8, 4) is 0 Å². The standard InChI is InChI=1S/C27H36N6O3/c1-30(2)27(35)24-17-22-15-21(16-23(26(22)36-24)19-6-9-28-10-7-19)20-5-4-11-32(18-20)25(34)8-12-33-14-13-31(3)29-33/h5,13-17,19,28-29H,4,6-12,18H2,1-3H3. The van der Waals surface area contributed by atoms with E-state index in [0.717, 1.165) is 61.0 Å². The number of hydrazine groups is 2. The molecule has 0 spiro atoms. The highest BCUT2D eigenvalue weighted by Crippen LogP contribution is 2.37. The van der Waals surface area contributed by atoms with Crippen LogP contribution in [0.1, 0.15) is 53.3 Å². The maximum Gasteiger partial charge on any atom is 0.289 e. The molecular formula is C27H36N6O3. The molecule has 4 heterocycles. The Labute approximate surface area is 212 Å². The van der Waals surface area contributed by atoms with E-state index in [-0.39, 0.29) is 11.8 Å². The minimum atomic E-state index is -0.133. The molecule has 0 radical (unpaired) electrons. The van der Waals surface area contributed by atoms with Crippen LogP contribution in [0.2, 0.25) is 0 Å². The molecule has 1 saturated heterocycles. The summed E-state index contributed by atoms with van der Waals surface area (Å²) in [5.41, 5.74) is 7.41. The third kappa shape index (κ3) is 5.12. The van der Waals surface area contributed by atoms with Crippen LogP contribution in [0, 0.1) is 0 Å². The number of fused-ring (bicyclic) bond motifs is 1. The zero-order valence-electron chi connectivity index (χ0n) is 21.4. The molecule has 1 aromatic heterocycles. The van der Waals surface area contributed by atoms with E-state index in [2.05, 4.69) is 29.1 Å². The van der Waals surface area contributed by atoms with Gasteiger partial charge in [-0.2, -0.15) is 0 Å². The first-order valence-electron chi connectivity index (χ1n) is 12.8. The summed E-state index contributed by atoms with van der Waals surface area (Å²) >= 11 is 0. The zero-order valence-corrected chi connectivity index (χ0v) is 21.4. The molecule has 5 rings (SSSR count). The lowest BCUT2D eigenvalue weighted by Crippen LogP contribution is -2.41. The van der Waals surface area contributed by atoms with Crippen LogP contribution in [-0.4, -0.2) is 85.5 Å². The summed E-state index contributed by atoms with van der Waals surface area (Å²) in [5, 5.41) is 8.17. The fourth-order valence-electron chi connectivity index (χ4n) is 5.24. The van der Waals surface area contributed by atoms with Crippen LogP contribution in [0.4, 0.5) is 0 Å². The number of amides is 2. The molecular weight excluding hydrogens is 456 g/mol. The number of carbonyl (C=O) groups excluding carboxylic acids is 2. The summed E-state index contributed by atoms with van der Waals surface area (Å²) in [6, 6.07) is 6.22. The Morgan fingerprint density at radius 2 is 1.94 bits per heavy atom. The predicted molar refractivity (Wildman–Crippen MR) is 140 cm³/mol. The van der Waals surface area contributed by atoms with Crippen LogP contribution in [0.15, 0.2) is 41.1 Å². The van der Waals surface area contributed by atoms with Crippen LogP contribution >= 0.6 is 0 Å². The van der Waals surface area contributed by atoms with Gasteiger partial charge >= 0.3 is 0 Å². The lowest BCUT2D eigenvalue weighted by molar-refractivity contribution is -0.131. The highest BCUT2D eigenvalue weighted by atomic mass is 16.3. The monoisotopic (exact) mass is 492 g/mol. The number of nitrogens with one attached hydrogen (secondary N) is 2. The van der Waals surface area contributed by atoms with E-state index >= 15 is 0 Å². The van der Waals surface area contributed by atoms with E-state index in [1.807, 2.05) is 40.4 Å². The first-order valence-corrected chi connectivity index (χ1v) is 12.8. The van der Waals surface area contributed by atoms with Gasteiger partial charge in [0, 0.05) is 65.0 Å². The molecule has 3 aliphatic rings. The molecule has 0 atom stereocenters. The van der Waals surface area contributed by atoms with Crippen molar-refractivity contribution in [1.29, 1.82) is 0 Å². The number of furan rings is 1. The van der Waals surface area contributed by atoms with Crippen LogP contribution in [0.3, 0.4) is 0 Å². The molecule has 36 heavy (non-hydrogen) atoms. The molecule has 2 amide bonds. The Morgan fingerprint density at radius 1 is 1.14 bits per heavy atom. The summed E-state index contributed by atoms with van der Waals surface area (Å²) < 4.78 is 6.15. The van der Waals surface area contributed by atoms with Gasteiger partial charge in [-0.05, 0) is 73.2 Å². The Morgan fingerprint density at radius 3 is 2.67 bits per heavy atom. The van der Waals surface area contributed by atoms with Gasteiger partial charge < -0.3 is 19.5 Å².